The van der Waals surface area contributed by atoms with E-state index >= 15 is 0 Å². The summed E-state index contributed by atoms with van der Waals surface area (Å²) in [5, 5.41) is 0.791. The van der Waals surface area contributed by atoms with E-state index in [2.05, 4.69) is 23.7 Å². The number of fused-ring (bicyclic) bond motifs is 4. The number of carbonyl (C=O) groups is 1. The van der Waals surface area contributed by atoms with E-state index < -0.39 is 6.10 Å². The van der Waals surface area contributed by atoms with E-state index in [0.717, 1.165) is 29.5 Å². The van der Waals surface area contributed by atoms with Crippen LogP contribution in [0.25, 0.3) is 10.2 Å². The van der Waals surface area contributed by atoms with Crippen LogP contribution in [0.4, 0.5) is 0 Å². The van der Waals surface area contributed by atoms with Crippen molar-refractivity contribution in [1.82, 2.24) is 19.8 Å². The molecule has 4 heterocycles. The van der Waals surface area contributed by atoms with Crippen LogP contribution in [-0.2, 0) is 17.6 Å². The molecule has 3 atom stereocenters. The van der Waals surface area contributed by atoms with Crippen molar-refractivity contribution in [2.45, 2.75) is 45.3 Å². The molecule has 8 nitrogen and oxygen atoms in total. The van der Waals surface area contributed by atoms with Gasteiger partial charge in [0.15, 0.2) is 11.5 Å². The first kappa shape index (κ1) is 22.5. The van der Waals surface area contributed by atoms with E-state index in [1.165, 1.54) is 10.4 Å². The number of benzene rings is 1. The molecular weight excluding hydrogens is 464 g/mol. The molecule has 35 heavy (non-hydrogen) atoms. The molecule has 0 bridgehead atoms. The lowest BCUT2D eigenvalue weighted by molar-refractivity contribution is -0.143. The van der Waals surface area contributed by atoms with Gasteiger partial charge in [0.1, 0.15) is 17.3 Å². The minimum absolute atomic E-state index is 0.0209. The molecule has 1 fully saturated rings. The van der Waals surface area contributed by atoms with Crippen LogP contribution in [0.2, 0.25) is 0 Å². The van der Waals surface area contributed by atoms with Crippen LogP contribution in [0, 0.1) is 5.92 Å². The number of carbonyl (C=O) groups excluding carboxylic acids is 1. The molecule has 6 rings (SSSR count). The fourth-order valence-electron chi connectivity index (χ4n) is 5.41. The van der Waals surface area contributed by atoms with Crippen molar-refractivity contribution in [3.8, 4) is 11.5 Å². The summed E-state index contributed by atoms with van der Waals surface area (Å²) in [4.78, 5) is 40.4. The Kier molecular flexibility index (Phi) is 5.76. The first-order valence-electron chi connectivity index (χ1n) is 12.4. The van der Waals surface area contributed by atoms with Gasteiger partial charge in [-0.3, -0.25) is 14.5 Å². The molecule has 2 aliphatic heterocycles. The quantitative estimate of drug-likeness (QED) is 0.602. The molecule has 1 saturated heterocycles. The van der Waals surface area contributed by atoms with Crippen LogP contribution >= 0.6 is 11.3 Å². The molecular formula is C26H30N4O4S. The number of thiophene rings is 1. The predicted octanol–water partition coefficient (Wildman–Crippen LogP) is 3.15. The second kappa shape index (κ2) is 8.95. The van der Waals surface area contributed by atoms with Gasteiger partial charge >= 0.3 is 0 Å². The molecule has 0 saturated carbocycles. The molecule has 1 amide bonds. The molecule has 3 aliphatic rings. The molecule has 0 spiro atoms. The van der Waals surface area contributed by atoms with Crippen LogP contribution in [0.1, 0.15) is 42.6 Å². The molecule has 3 aromatic rings. The molecule has 2 aromatic heterocycles. The number of rotatable bonds is 3. The number of aromatic nitrogens is 2. The molecule has 0 radical (unpaired) electrons. The van der Waals surface area contributed by atoms with E-state index in [0.29, 0.717) is 49.4 Å². The third kappa shape index (κ3) is 4.10. The maximum atomic E-state index is 13.1. The van der Waals surface area contributed by atoms with Crippen molar-refractivity contribution in [1.29, 1.82) is 0 Å². The number of aromatic amines is 1. The Morgan fingerprint density at radius 3 is 2.77 bits per heavy atom. The molecule has 1 aliphatic carbocycles. The number of nitrogens with one attached hydrogen (secondary N) is 1. The molecule has 1 aromatic carbocycles. The maximum Gasteiger partial charge on any atom is 0.267 e. The van der Waals surface area contributed by atoms with Crippen molar-refractivity contribution in [3.63, 3.8) is 0 Å². The first-order valence-corrected chi connectivity index (χ1v) is 13.3. The smallest absolute Gasteiger partial charge is 0.267 e. The Bertz CT molecular complexity index is 1330. The van der Waals surface area contributed by atoms with Crippen LogP contribution < -0.4 is 15.0 Å². The Hall–Kier alpha value is -2.91. The van der Waals surface area contributed by atoms with Gasteiger partial charge < -0.3 is 19.4 Å². The lowest BCUT2D eigenvalue weighted by Crippen LogP contribution is -2.54. The standard InChI is InChI=1S/C26H30N4O4S/c1-15-7-8-17-21(13-15)35-25-22(17)24(31)27-23(28-25)16(2)29-9-11-30(12-10-29)26(32)20-14-33-18-5-3-4-6-19(18)34-20/h3-6,15-16,20H,7-14H2,1-2H3,(H,27,28,31)/t15-,16-,20+/m1/s1. The van der Waals surface area contributed by atoms with Crippen molar-refractivity contribution in [3.05, 3.63) is 50.9 Å². The maximum absolute atomic E-state index is 13.1. The summed E-state index contributed by atoms with van der Waals surface area (Å²) in [5.41, 5.74) is 1.19. The van der Waals surface area contributed by atoms with Crippen LogP contribution in [0.3, 0.4) is 0 Å². The summed E-state index contributed by atoms with van der Waals surface area (Å²) < 4.78 is 11.6. The molecule has 9 heteroatoms. The number of para-hydroxylation sites is 2. The van der Waals surface area contributed by atoms with E-state index in [1.807, 2.05) is 29.2 Å². The van der Waals surface area contributed by atoms with Gasteiger partial charge in [-0.25, -0.2) is 4.98 Å². The summed E-state index contributed by atoms with van der Waals surface area (Å²) in [6, 6.07) is 7.39. The summed E-state index contributed by atoms with van der Waals surface area (Å²) in [5.74, 6) is 2.61. The zero-order chi connectivity index (χ0) is 24.1. The fraction of sp³-hybridized carbons (Fsp3) is 0.500. The highest BCUT2D eigenvalue weighted by Crippen LogP contribution is 2.36. The molecule has 0 unspecified atom stereocenters. The zero-order valence-corrected chi connectivity index (χ0v) is 20.9. The number of H-pyrrole nitrogens is 1. The van der Waals surface area contributed by atoms with Gasteiger partial charge in [0.05, 0.1) is 11.4 Å². The highest BCUT2D eigenvalue weighted by molar-refractivity contribution is 7.18. The average molecular weight is 495 g/mol. The molecule has 184 valence electrons. The Balaban J connectivity index is 1.13. The number of hydrogen-bond donors (Lipinski definition) is 1. The minimum Gasteiger partial charge on any atom is -0.485 e. The highest BCUT2D eigenvalue weighted by atomic mass is 32.1. The van der Waals surface area contributed by atoms with Gasteiger partial charge in [0.25, 0.3) is 11.5 Å². The van der Waals surface area contributed by atoms with Gasteiger partial charge in [-0.1, -0.05) is 19.1 Å². The Morgan fingerprint density at radius 1 is 1.20 bits per heavy atom. The van der Waals surface area contributed by atoms with Crippen molar-refractivity contribution in [2.24, 2.45) is 5.92 Å². The van der Waals surface area contributed by atoms with Crippen LogP contribution in [-0.4, -0.2) is 64.6 Å². The summed E-state index contributed by atoms with van der Waals surface area (Å²) in [7, 11) is 0. The predicted molar refractivity (Wildman–Crippen MR) is 134 cm³/mol. The number of amides is 1. The van der Waals surface area contributed by atoms with Gasteiger partial charge in [-0.15, -0.1) is 11.3 Å². The zero-order valence-electron chi connectivity index (χ0n) is 20.1. The van der Waals surface area contributed by atoms with E-state index in [-0.39, 0.29) is 24.1 Å². The topological polar surface area (TPSA) is 87.8 Å². The van der Waals surface area contributed by atoms with E-state index in [4.69, 9.17) is 14.5 Å². The summed E-state index contributed by atoms with van der Waals surface area (Å²) in [6.07, 6.45) is 2.51. The van der Waals surface area contributed by atoms with Gasteiger partial charge in [-0.2, -0.15) is 0 Å². The SMILES string of the molecule is C[C@@H]1CCc2c(sc3nc([C@@H](C)N4CCN(C(=O)[C@@H]5COc6ccccc6O5)CC4)[nH]c(=O)c23)C1. The monoisotopic (exact) mass is 494 g/mol. The fourth-order valence-corrected chi connectivity index (χ4v) is 6.80. The van der Waals surface area contributed by atoms with Gasteiger partial charge in [-0.05, 0) is 49.8 Å². The lowest BCUT2D eigenvalue weighted by atomic mass is 9.89. The largest absolute Gasteiger partial charge is 0.485 e. The van der Waals surface area contributed by atoms with Gasteiger partial charge in [0, 0.05) is 31.1 Å². The lowest BCUT2D eigenvalue weighted by Gasteiger charge is -2.39. The summed E-state index contributed by atoms with van der Waals surface area (Å²) in [6.45, 7) is 7.18. The van der Waals surface area contributed by atoms with Crippen molar-refractivity contribution >= 4 is 27.5 Å². The number of nitrogens with zero attached hydrogens (tertiary/aromatic N) is 3. The number of ether oxygens (including phenoxy) is 2. The third-order valence-corrected chi connectivity index (χ3v) is 8.69. The van der Waals surface area contributed by atoms with Crippen LogP contribution in [0.15, 0.2) is 29.1 Å². The Morgan fingerprint density at radius 2 is 1.97 bits per heavy atom. The number of aryl methyl sites for hydroxylation is 1. The van der Waals surface area contributed by atoms with Crippen molar-refractivity contribution in [2.75, 3.05) is 32.8 Å². The van der Waals surface area contributed by atoms with Crippen molar-refractivity contribution < 1.29 is 14.3 Å². The number of hydrogen-bond acceptors (Lipinski definition) is 7. The summed E-state index contributed by atoms with van der Waals surface area (Å²) >= 11 is 1.68. The third-order valence-electron chi connectivity index (χ3n) is 7.54. The highest BCUT2D eigenvalue weighted by Gasteiger charge is 2.34. The second-order valence-electron chi connectivity index (χ2n) is 9.88. The number of piperazine rings is 1. The van der Waals surface area contributed by atoms with Gasteiger partial charge in [0.2, 0.25) is 6.10 Å². The average Bonchev–Trinajstić information content (AvgIpc) is 3.25. The van der Waals surface area contributed by atoms with Crippen LogP contribution in [0.5, 0.6) is 11.5 Å². The normalized spacial score (nSPS) is 23.2. The second-order valence-corrected chi connectivity index (χ2v) is 11.0. The molecule has 1 N–H and O–H groups in total. The Labute approximate surface area is 207 Å². The van der Waals surface area contributed by atoms with E-state index in [9.17, 15) is 9.59 Å². The first-order chi connectivity index (χ1) is 17.0. The van der Waals surface area contributed by atoms with E-state index in [1.54, 1.807) is 11.3 Å². The minimum atomic E-state index is -0.623.